The van der Waals surface area contributed by atoms with Gasteiger partial charge >= 0.3 is 0 Å². The van der Waals surface area contributed by atoms with Crippen LogP contribution in [0.5, 0.6) is 0 Å². The molecule has 1 spiro atoms. The van der Waals surface area contributed by atoms with E-state index >= 15 is 0 Å². The van der Waals surface area contributed by atoms with Crippen molar-refractivity contribution >= 4 is 15.7 Å². The molecule has 0 radical (unpaired) electrons. The van der Waals surface area contributed by atoms with E-state index in [2.05, 4.69) is 41.1 Å². The maximum absolute atomic E-state index is 12.2. The highest BCUT2D eigenvalue weighted by Gasteiger charge is 2.50. The Morgan fingerprint density at radius 2 is 2.04 bits per heavy atom. The minimum Gasteiger partial charge on any atom is -0.298 e. The average Bonchev–Trinajstić information content (AvgIpc) is 3.10. The van der Waals surface area contributed by atoms with Crippen LogP contribution in [-0.4, -0.2) is 44.2 Å². The third kappa shape index (κ3) is 2.93. The van der Waals surface area contributed by atoms with Gasteiger partial charge in [0.1, 0.15) is 0 Å². The molecule has 0 aliphatic carbocycles. The van der Waals surface area contributed by atoms with Crippen molar-refractivity contribution in [3.63, 3.8) is 0 Å². The van der Waals surface area contributed by atoms with Crippen LogP contribution in [0.15, 0.2) is 42.6 Å². The van der Waals surface area contributed by atoms with Crippen molar-refractivity contribution in [3.05, 3.63) is 59.4 Å². The van der Waals surface area contributed by atoms with Crippen molar-refractivity contribution in [3.8, 4) is 0 Å². The highest BCUT2D eigenvalue weighted by molar-refractivity contribution is 7.92. The molecule has 1 atom stereocenters. The minimum atomic E-state index is -3.29. The molecule has 0 N–H and O–H groups in total. The summed E-state index contributed by atoms with van der Waals surface area (Å²) in [6, 6.07) is 12.3. The van der Waals surface area contributed by atoms with Gasteiger partial charge in [-0.15, -0.1) is 0 Å². The summed E-state index contributed by atoms with van der Waals surface area (Å²) < 4.78 is 26.0. The molecule has 0 amide bonds. The van der Waals surface area contributed by atoms with Gasteiger partial charge in [0.25, 0.3) is 0 Å². The predicted molar refractivity (Wildman–Crippen MR) is 99.2 cm³/mol. The van der Waals surface area contributed by atoms with Gasteiger partial charge in [-0.1, -0.05) is 29.8 Å². The third-order valence-electron chi connectivity index (χ3n) is 5.33. The molecule has 0 unspecified atom stereocenters. The molecule has 4 rings (SSSR count). The molecule has 2 aliphatic heterocycles. The molecule has 0 bridgehead atoms. The van der Waals surface area contributed by atoms with Gasteiger partial charge in [-0.3, -0.25) is 14.2 Å². The monoisotopic (exact) mass is 357 g/mol. The summed E-state index contributed by atoms with van der Waals surface area (Å²) in [5.41, 5.74) is 4.07. The van der Waals surface area contributed by atoms with Crippen LogP contribution in [-0.2, 0) is 22.0 Å². The first kappa shape index (κ1) is 16.5. The van der Waals surface area contributed by atoms with Gasteiger partial charge in [0.05, 0.1) is 17.6 Å². The van der Waals surface area contributed by atoms with E-state index in [0.29, 0.717) is 6.54 Å². The number of anilines is 1. The van der Waals surface area contributed by atoms with Gasteiger partial charge in [-0.25, -0.2) is 8.42 Å². The normalized spacial score (nSPS) is 23.4. The highest BCUT2D eigenvalue weighted by Crippen LogP contribution is 2.46. The Kier molecular flexibility index (Phi) is 3.85. The number of aryl methyl sites for hydroxylation is 1. The van der Waals surface area contributed by atoms with Crippen LogP contribution >= 0.6 is 0 Å². The zero-order valence-corrected chi connectivity index (χ0v) is 15.5. The molecule has 1 saturated heterocycles. The first-order valence-corrected chi connectivity index (χ1v) is 10.4. The summed E-state index contributed by atoms with van der Waals surface area (Å²) in [6.45, 7) is 5.31. The number of fused-ring (bicyclic) bond motifs is 2. The van der Waals surface area contributed by atoms with E-state index in [1.165, 1.54) is 21.7 Å². The van der Waals surface area contributed by atoms with Crippen molar-refractivity contribution in [2.75, 3.05) is 30.2 Å². The van der Waals surface area contributed by atoms with Crippen LogP contribution in [0.4, 0.5) is 5.69 Å². The van der Waals surface area contributed by atoms with Gasteiger partial charge in [0.15, 0.2) is 0 Å². The smallest absolute Gasteiger partial charge is 0.232 e. The van der Waals surface area contributed by atoms with E-state index in [1.54, 1.807) is 6.20 Å². The summed E-state index contributed by atoms with van der Waals surface area (Å²) in [7, 11) is -3.29. The zero-order chi connectivity index (χ0) is 17.7. The summed E-state index contributed by atoms with van der Waals surface area (Å²) in [6.07, 6.45) is 3.99. The van der Waals surface area contributed by atoms with E-state index < -0.39 is 10.0 Å². The van der Waals surface area contributed by atoms with Crippen molar-refractivity contribution in [2.24, 2.45) is 0 Å². The SMILES string of the molecule is Cc1cccc(CN2CC[C@]3(C2)CN(S(C)(=O)=O)c2cccnc23)c1. The van der Waals surface area contributed by atoms with Gasteiger partial charge in [0.2, 0.25) is 10.0 Å². The van der Waals surface area contributed by atoms with Crippen LogP contribution in [0.2, 0.25) is 0 Å². The number of hydrogen-bond acceptors (Lipinski definition) is 4. The van der Waals surface area contributed by atoms with Gasteiger partial charge in [0, 0.05) is 31.2 Å². The third-order valence-corrected chi connectivity index (χ3v) is 6.45. The van der Waals surface area contributed by atoms with Crippen LogP contribution in [0.25, 0.3) is 0 Å². The Labute approximate surface area is 149 Å². The Hall–Kier alpha value is -1.92. The van der Waals surface area contributed by atoms with Crippen molar-refractivity contribution in [2.45, 2.75) is 25.3 Å². The molecular weight excluding hydrogens is 334 g/mol. The lowest BCUT2D eigenvalue weighted by molar-refractivity contribution is 0.306. The van der Waals surface area contributed by atoms with Crippen LogP contribution in [0, 0.1) is 6.92 Å². The molecule has 2 aromatic rings. The maximum atomic E-state index is 12.2. The predicted octanol–water partition coefficient (Wildman–Crippen LogP) is 2.31. The summed E-state index contributed by atoms with van der Waals surface area (Å²) in [5, 5.41) is 0. The first-order valence-electron chi connectivity index (χ1n) is 8.59. The van der Waals surface area contributed by atoms with Gasteiger partial charge in [-0.05, 0) is 37.6 Å². The molecule has 0 saturated carbocycles. The van der Waals surface area contributed by atoms with E-state index in [0.717, 1.165) is 37.4 Å². The Morgan fingerprint density at radius 1 is 1.20 bits per heavy atom. The number of nitrogens with zero attached hydrogens (tertiary/aromatic N) is 3. The number of hydrogen-bond donors (Lipinski definition) is 0. The van der Waals surface area contributed by atoms with Gasteiger partial charge < -0.3 is 0 Å². The lowest BCUT2D eigenvalue weighted by Crippen LogP contribution is -2.38. The number of aromatic nitrogens is 1. The molecule has 6 heteroatoms. The topological polar surface area (TPSA) is 53.5 Å². The Bertz CT molecular complexity index is 912. The molecular formula is C19H23N3O2S. The summed E-state index contributed by atoms with van der Waals surface area (Å²) in [5.74, 6) is 0. The molecule has 2 aliphatic rings. The first-order chi connectivity index (χ1) is 11.9. The van der Waals surface area contributed by atoms with Crippen molar-refractivity contribution < 1.29 is 8.42 Å². The highest BCUT2D eigenvalue weighted by atomic mass is 32.2. The molecule has 132 valence electrons. The van der Waals surface area contributed by atoms with E-state index in [4.69, 9.17) is 0 Å². The zero-order valence-electron chi connectivity index (χ0n) is 14.6. The van der Waals surface area contributed by atoms with E-state index in [9.17, 15) is 8.42 Å². The standard InChI is InChI=1S/C19H23N3O2S/c1-15-5-3-6-16(11-15)12-21-10-8-19(13-21)14-22(25(2,23)24)17-7-4-9-20-18(17)19/h3-7,9,11H,8,10,12-14H2,1-2H3/t19-/m0/s1. The molecule has 1 aromatic carbocycles. The van der Waals surface area contributed by atoms with Crippen molar-refractivity contribution in [1.82, 2.24) is 9.88 Å². The molecule has 5 nitrogen and oxygen atoms in total. The summed E-state index contributed by atoms with van der Waals surface area (Å²) in [4.78, 5) is 7.00. The fraction of sp³-hybridized carbons (Fsp3) is 0.421. The van der Waals surface area contributed by atoms with E-state index in [-0.39, 0.29) is 5.41 Å². The molecule has 25 heavy (non-hydrogen) atoms. The second-order valence-corrected chi connectivity index (χ2v) is 9.28. The van der Waals surface area contributed by atoms with Gasteiger partial charge in [-0.2, -0.15) is 0 Å². The summed E-state index contributed by atoms with van der Waals surface area (Å²) >= 11 is 0. The Morgan fingerprint density at radius 3 is 2.80 bits per heavy atom. The van der Waals surface area contributed by atoms with E-state index in [1.807, 2.05) is 12.1 Å². The molecule has 1 fully saturated rings. The largest absolute Gasteiger partial charge is 0.298 e. The quantitative estimate of drug-likeness (QED) is 0.846. The number of likely N-dealkylation sites (tertiary alicyclic amines) is 1. The van der Waals surface area contributed by atoms with Crippen LogP contribution in [0.3, 0.4) is 0 Å². The van der Waals surface area contributed by atoms with Crippen LogP contribution < -0.4 is 4.31 Å². The second kappa shape index (κ2) is 5.81. The average molecular weight is 357 g/mol. The van der Waals surface area contributed by atoms with Crippen LogP contribution in [0.1, 0.15) is 23.2 Å². The lowest BCUT2D eigenvalue weighted by Gasteiger charge is -2.25. The maximum Gasteiger partial charge on any atom is 0.232 e. The number of sulfonamides is 1. The number of pyridine rings is 1. The fourth-order valence-corrected chi connectivity index (χ4v) is 5.21. The molecule has 3 heterocycles. The lowest BCUT2D eigenvalue weighted by atomic mass is 9.85. The Balaban J connectivity index is 1.61. The molecule has 1 aromatic heterocycles. The fourth-order valence-electron chi connectivity index (χ4n) is 4.22. The second-order valence-electron chi connectivity index (χ2n) is 7.37. The van der Waals surface area contributed by atoms with Crippen molar-refractivity contribution in [1.29, 1.82) is 0 Å². The minimum absolute atomic E-state index is 0.191. The number of rotatable bonds is 3. The number of benzene rings is 1.